The summed E-state index contributed by atoms with van der Waals surface area (Å²) in [4.78, 5) is 4.84. The van der Waals surface area contributed by atoms with Crippen LogP contribution in [0.4, 0.5) is 0 Å². The summed E-state index contributed by atoms with van der Waals surface area (Å²) in [5.41, 5.74) is 2.31. The Morgan fingerprint density at radius 1 is 1.17 bits per heavy atom. The number of hydrogen-bond donors (Lipinski definition) is 0. The molecule has 1 aliphatic heterocycles. The van der Waals surface area contributed by atoms with Gasteiger partial charge in [0.15, 0.2) is 0 Å². The van der Waals surface area contributed by atoms with E-state index in [4.69, 9.17) is 4.42 Å². The highest BCUT2D eigenvalue weighted by atomic mass is 16.3. The number of aryl methyl sites for hydroxylation is 1. The van der Waals surface area contributed by atoms with Gasteiger partial charge in [0.05, 0.1) is 6.54 Å². The fraction of sp³-hybridized carbons (Fsp3) is 0.467. The number of hydrogen-bond acceptors (Lipinski definition) is 3. The molecule has 0 bridgehead atoms. The van der Waals surface area contributed by atoms with Crippen LogP contribution in [0.1, 0.15) is 11.3 Å². The predicted molar refractivity (Wildman–Crippen MR) is 73.7 cm³/mol. The van der Waals surface area contributed by atoms with Crippen LogP contribution in [0, 0.1) is 6.92 Å². The van der Waals surface area contributed by atoms with E-state index >= 15 is 0 Å². The highest BCUT2D eigenvalue weighted by Gasteiger charge is 2.15. The lowest BCUT2D eigenvalue weighted by atomic mass is 10.1. The first kappa shape index (κ1) is 11.8. The normalized spacial score (nSPS) is 18.6. The van der Waals surface area contributed by atoms with E-state index in [1.807, 2.05) is 0 Å². The first-order chi connectivity index (χ1) is 8.72. The first-order valence-electron chi connectivity index (χ1n) is 6.61. The van der Waals surface area contributed by atoms with E-state index in [1.165, 1.54) is 10.9 Å². The van der Waals surface area contributed by atoms with Crippen molar-refractivity contribution in [3.8, 4) is 0 Å². The van der Waals surface area contributed by atoms with Crippen LogP contribution in [0.15, 0.2) is 28.7 Å². The largest absolute Gasteiger partial charge is 0.460 e. The molecule has 0 N–H and O–H groups in total. The van der Waals surface area contributed by atoms with Gasteiger partial charge in [-0.05, 0) is 31.7 Å². The Bertz CT molecular complexity index is 538. The SMILES string of the molecule is Cc1cccc2oc(CN3CCN(C)CC3)cc12. The van der Waals surface area contributed by atoms with Gasteiger partial charge in [-0.25, -0.2) is 0 Å². The molecule has 0 aliphatic carbocycles. The van der Waals surface area contributed by atoms with Gasteiger partial charge in [-0.1, -0.05) is 12.1 Å². The maximum Gasteiger partial charge on any atom is 0.134 e. The van der Waals surface area contributed by atoms with Gasteiger partial charge in [0.1, 0.15) is 11.3 Å². The lowest BCUT2D eigenvalue weighted by Gasteiger charge is -2.31. The number of nitrogens with zero attached hydrogens (tertiary/aromatic N) is 2. The molecule has 3 nitrogen and oxygen atoms in total. The molecule has 1 saturated heterocycles. The van der Waals surface area contributed by atoms with Gasteiger partial charge in [0, 0.05) is 31.6 Å². The van der Waals surface area contributed by atoms with E-state index in [0.717, 1.165) is 44.1 Å². The van der Waals surface area contributed by atoms with Crippen LogP contribution in [0.5, 0.6) is 0 Å². The van der Waals surface area contributed by atoms with E-state index < -0.39 is 0 Å². The third kappa shape index (κ3) is 2.28. The van der Waals surface area contributed by atoms with Crippen LogP contribution in [-0.4, -0.2) is 43.0 Å². The minimum Gasteiger partial charge on any atom is -0.460 e. The van der Waals surface area contributed by atoms with Crippen LogP contribution >= 0.6 is 0 Å². The molecule has 1 aromatic carbocycles. The lowest BCUT2D eigenvalue weighted by Crippen LogP contribution is -2.43. The second-order valence-corrected chi connectivity index (χ2v) is 5.28. The Kier molecular flexibility index (Phi) is 3.10. The summed E-state index contributed by atoms with van der Waals surface area (Å²) in [6.45, 7) is 7.64. The zero-order valence-corrected chi connectivity index (χ0v) is 11.1. The van der Waals surface area contributed by atoms with E-state index in [-0.39, 0.29) is 0 Å². The second-order valence-electron chi connectivity index (χ2n) is 5.28. The standard InChI is InChI=1S/C15H20N2O/c1-12-4-3-5-15-14(12)10-13(18-15)11-17-8-6-16(2)7-9-17/h3-5,10H,6-9,11H2,1-2H3. The molecule has 0 radical (unpaired) electrons. The highest BCUT2D eigenvalue weighted by Crippen LogP contribution is 2.23. The monoisotopic (exact) mass is 244 g/mol. The molecule has 1 fully saturated rings. The fourth-order valence-corrected chi connectivity index (χ4v) is 2.56. The summed E-state index contributed by atoms with van der Waals surface area (Å²) in [7, 11) is 2.18. The number of benzene rings is 1. The molecule has 2 heterocycles. The Morgan fingerprint density at radius 3 is 2.67 bits per heavy atom. The highest BCUT2D eigenvalue weighted by molar-refractivity contribution is 5.81. The summed E-state index contributed by atoms with van der Waals surface area (Å²) < 4.78 is 5.92. The predicted octanol–water partition coefficient (Wildman–Crippen LogP) is 2.49. The molecule has 96 valence electrons. The number of piperazine rings is 1. The van der Waals surface area contributed by atoms with Crippen molar-refractivity contribution in [2.75, 3.05) is 33.2 Å². The lowest BCUT2D eigenvalue weighted by molar-refractivity contribution is 0.141. The minimum absolute atomic E-state index is 0.932. The van der Waals surface area contributed by atoms with Crippen LogP contribution in [-0.2, 0) is 6.54 Å². The van der Waals surface area contributed by atoms with Crippen LogP contribution < -0.4 is 0 Å². The fourth-order valence-electron chi connectivity index (χ4n) is 2.56. The number of likely N-dealkylation sites (N-methyl/N-ethyl adjacent to an activating group) is 1. The van der Waals surface area contributed by atoms with Crippen molar-refractivity contribution in [1.29, 1.82) is 0 Å². The molecular formula is C15H20N2O. The summed E-state index contributed by atoms with van der Waals surface area (Å²) in [6, 6.07) is 8.44. The third-order valence-electron chi connectivity index (χ3n) is 3.81. The molecular weight excluding hydrogens is 224 g/mol. The number of fused-ring (bicyclic) bond motifs is 1. The van der Waals surface area contributed by atoms with Gasteiger partial charge in [-0.3, -0.25) is 4.90 Å². The molecule has 3 rings (SSSR count). The molecule has 0 atom stereocenters. The summed E-state index contributed by atoms with van der Waals surface area (Å²) in [6.07, 6.45) is 0. The Morgan fingerprint density at radius 2 is 1.94 bits per heavy atom. The molecule has 0 amide bonds. The van der Waals surface area contributed by atoms with Crippen molar-refractivity contribution in [3.63, 3.8) is 0 Å². The number of rotatable bonds is 2. The van der Waals surface area contributed by atoms with Crippen molar-refractivity contribution in [2.45, 2.75) is 13.5 Å². The average Bonchev–Trinajstić information content (AvgIpc) is 2.76. The zero-order valence-electron chi connectivity index (χ0n) is 11.1. The van der Waals surface area contributed by atoms with Gasteiger partial charge in [-0.15, -0.1) is 0 Å². The van der Waals surface area contributed by atoms with Gasteiger partial charge >= 0.3 is 0 Å². The molecule has 18 heavy (non-hydrogen) atoms. The molecule has 2 aromatic rings. The molecule has 3 heteroatoms. The Labute approximate surface area is 108 Å². The quantitative estimate of drug-likeness (QED) is 0.809. The van der Waals surface area contributed by atoms with Crippen molar-refractivity contribution in [3.05, 3.63) is 35.6 Å². The van der Waals surface area contributed by atoms with Crippen molar-refractivity contribution >= 4 is 11.0 Å². The van der Waals surface area contributed by atoms with Gasteiger partial charge in [0.25, 0.3) is 0 Å². The van der Waals surface area contributed by atoms with Crippen molar-refractivity contribution < 1.29 is 4.42 Å². The van der Waals surface area contributed by atoms with Gasteiger partial charge < -0.3 is 9.32 Å². The molecule has 1 aliphatic rings. The number of furan rings is 1. The molecule has 1 aromatic heterocycles. The maximum absolute atomic E-state index is 5.92. The van der Waals surface area contributed by atoms with E-state index in [9.17, 15) is 0 Å². The Hall–Kier alpha value is -1.32. The molecule has 0 saturated carbocycles. The average molecular weight is 244 g/mol. The van der Waals surface area contributed by atoms with Crippen molar-refractivity contribution in [2.24, 2.45) is 0 Å². The smallest absolute Gasteiger partial charge is 0.134 e. The third-order valence-corrected chi connectivity index (χ3v) is 3.81. The Balaban J connectivity index is 1.77. The summed E-state index contributed by atoms with van der Waals surface area (Å²) in [5, 5.41) is 1.25. The van der Waals surface area contributed by atoms with E-state index in [0.29, 0.717) is 0 Å². The van der Waals surface area contributed by atoms with Crippen LogP contribution in [0.2, 0.25) is 0 Å². The first-order valence-corrected chi connectivity index (χ1v) is 6.61. The second kappa shape index (κ2) is 4.75. The van der Waals surface area contributed by atoms with E-state index in [1.54, 1.807) is 0 Å². The van der Waals surface area contributed by atoms with Gasteiger partial charge in [0.2, 0.25) is 0 Å². The van der Waals surface area contributed by atoms with Gasteiger partial charge in [-0.2, -0.15) is 0 Å². The molecule has 0 spiro atoms. The maximum atomic E-state index is 5.92. The molecule has 0 unspecified atom stereocenters. The van der Waals surface area contributed by atoms with E-state index in [2.05, 4.69) is 48.0 Å². The topological polar surface area (TPSA) is 19.6 Å². The summed E-state index contributed by atoms with van der Waals surface area (Å²) >= 11 is 0. The van der Waals surface area contributed by atoms with Crippen molar-refractivity contribution in [1.82, 2.24) is 9.80 Å². The zero-order chi connectivity index (χ0) is 12.5. The van der Waals surface area contributed by atoms with Crippen LogP contribution in [0.25, 0.3) is 11.0 Å². The minimum atomic E-state index is 0.932. The summed E-state index contributed by atoms with van der Waals surface area (Å²) in [5.74, 6) is 1.09. The van der Waals surface area contributed by atoms with Crippen LogP contribution in [0.3, 0.4) is 0 Å².